The highest BCUT2D eigenvalue weighted by Crippen LogP contribution is 2.28. The van der Waals surface area contributed by atoms with Crippen molar-refractivity contribution in [2.75, 3.05) is 19.5 Å². The molecular weight excluding hydrogens is 402 g/mol. The Morgan fingerprint density at radius 3 is 2.55 bits per heavy atom. The van der Waals surface area contributed by atoms with Gasteiger partial charge in [-0.2, -0.15) is 10.2 Å². The molecule has 1 amide bonds. The predicted molar refractivity (Wildman–Crippen MR) is 113 cm³/mol. The summed E-state index contributed by atoms with van der Waals surface area (Å²) in [7, 11) is 3.18. The number of carbonyl (C=O) groups is 2. The molecule has 0 saturated carbocycles. The number of carbonyl (C=O) groups excluding carboxylic acids is 1. The second kappa shape index (κ2) is 9.33. The zero-order chi connectivity index (χ0) is 22.5. The maximum absolute atomic E-state index is 12.4. The topological polar surface area (TPSA) is 121 Å². The lowest BCUT2D eigenvalue weighted by Gasteiger charge is -2.11. The SMILES string of the molecule is COc1ccc(Cn2nc(C)c(NC(=O)CCn3cc(C(=O)O)cn3)c2C)cc1OC. The Morgan fingerprint density at radius 1 is 1.16 bits per heavy atom. The highest BCUT2D eigenvalue weighted by Gasteiger charge is 2.16. The number of nitrogens with zero attached hydrogens (tertiary/aromatic N) is 4. The van der Waals surface area contributed by atoms with Crippen molar-refractivity contribution in [3.05, 3.63) is 53.1 Å². The number of rotatable bonds is 9. The third-order valence-corrected chi connectivity index (χ3v) is 4.87. The van der Waals surface area contributed by atoms with Crippen molar-refractivity contribution < 1.29 is 24.2 Å². The van der Waals surface area contributed by atoms with Crippen LogP contribution < -0.4 is 14.8 Å². The van der Waals surface area contributed by atoms with Crippen molar-refractivity contribution in [1.29, 1.82) is 0 Å². The molecule has 0 spiro atoms. The summed E-state index contributed by atoms with van der Waals surface area (Å²) in [5.41, 5.74) is 3.27. The Balaban J connectivity index is 1.66. The Labute approximate surface area is 179 Å². The summed E-state index contributed by atoms with van der Waals surface area (Å²) in [5, 5.41) is 20.3. The fourth-order valence-corrected chi connectivity index (χ4v) is 3.20. The van der Waals surface area contributed by atoms with E-state index in [4.69, 9.17) is 14.6 Å². The molecule has 31 heavy (non-hydrogen) atoms. The van der Waals surface area contributed by atoms with Crippen LogP contribution in [0.5, 0.6) is 11.5 Å². The molecule has 0 aliphatic rings. The van der Waals surface area contributed by atoms with Crippen LogP contribution in [0.2, 0.25) is 0 Å². The second-order valence-electron chi connectivity index (χ2n) is 6.99. The molecule has 2 heterocycles. The number of hydrogen-bond acceptors (Lipinski definition) is 6. The van der Waals surface area contributed by atoms with Crippen molar-refractivity contribution in [2.24, 2.45) is 0 Å². The van der Waals surface area contributed by atoms with Crippen molar-refractivity contribution in [1.82, 2.24) is 19.6 Å². The van der Waals surface area contributed by atoms with E-state index in [2.05, 4.69) is 15.5 Å². The third-order valence-electron chi connectivity index (χ3n) is 4.87. The van der Waals surface area contributed by atoms with Gasteiger partial charge in [-0.05, 0) is 31.5 Å². The fraction of sp³-hybridized carbons (Fsp3) is 0.333. The quantitative estimate of drug-likeness (QED) is 0.538. The smallest absolute Gasteiger partial charge is 0.338 e. The molecule has 2 aromatic heterocycles. The van der Waals surface area contributed by atoms with E-state index >= 15 is 0 Å². The van der Waals surface area contributed by atoms with Gasteiger partial charge in [-0.15, -0.1) is 0 Å². The summed E-state index contributed by atoms with van der Waals surface area (Å²) in [5.74, 6) is 0.0352. The lowest BCUT2D eigenvalue weighted by Crippen LogP contribution is -2.16. The van der Waals surface area contributed by atoms with Gasteiger partial charge in [-0.3, -0.25) is 14.2 Å². The van der Waals surface area contributed by atoms with Gasteiger partial charge in [0, 0.05) is 19.2 Å². The first kappa shape index (κ1) is 21.9. The van der Waals surface area contributed by atoms with E-state index in [1.807, 2.05) is 36.7 Å². The number of aryl methyl sites for hydroxylation is 2. The number of methoxy groups -OCH3 is 2. The van der Waals surface area contributed by atoms with Crippen molar-refractivity contribution >= 4 is 17.6 Å². The van der Waals surface area contributed by atoms with Gasteiger partial charge in [-0.25, -0.2) is 4.79 Å². The fourth-order valence-electron chi connectivity index (χ4n) is 3.20. The van der Waals surface area contributed by atoms with E-state index in [0.29, 0.717) is 29.4 Å². The molecule has 164 valence electrons. The van der Waals surface area contributed by atoms with Gasteiger partial charge < -0.3 is 19.9 Å². The van der Waals surface area contributed by atoms with E-state index in [-0.39, 0.29) is 24.4 Å². The van der Waals surface area contributed by atoms with E-state index in [9.17, 15) is 9.59 Å². The number of hydrogen-bond donors (Lipinski definition) is 2. The van der Waals surface area contributed by atoms with Gasteiger partial charge in [0.1, 0.15) is 0 Å². The number of benzene rings is 1. The molecular formula is C21H25N5O5. The third kappa shape index (κ3) is 5.03. The molecule has 1 aromatic carbocycles. The molecule has 0 atom stereocenters. The van der Waals surface area contributed by atoms with Crippen LogP contribution in [0, 0.1) is 13.8 Å². The number of amides is 1. The average Bonchev–Trinajstić information content (AvgIpc) is 3.33. The molecule has 3 rings (SSSR count). The molecule has 0 fully saturated rings. The van der Waals surface area contributed by atoms with E-state index in [1.165, 1.54) is 17.1 Å². The van der Waals surface area contributed by atoms with Gasteiger partial charge in [0.15, 0.2) is 11.5 Å². The summed E-state index contributed by atoms with van der Waals surface area (Å²) in [6.07, 6.45) is 2.81. The Bertz CT molecular complexity index is 1100. The number of aromatic nitrogens is 4. The number of aromatic carboxylic acids is 1. The van der Waals surface area contributed by atoms with E-state index in [1.54, 1.807) is 14.2 Å². The highest BCUT2D eigenvalue weighted by molar-refractivity contribution is 5.92. The maximum atomic E-state index is 12.4. The summed E-state index contributed by atoms with van der Waals surface area (Å²) in [6, 6.07) is 5.67. The predicted octanol–water partition coefficient (Wildman–Crippen LogP) is 2.49. The molecule has 0 aliphatic carbocycles. The zero-order valence-corrected chi connectivity index (χ0v) is 17.9. The molecule has 2 N–H and O–H groups in total. The standard InChI is InChI=1S/C21H25N5O5/c1-13-20(23-19(27)7-8-25-12-16(10-22-25)21(28)29)14(2)26(24-13)11-15-5-6-17(30-3)18(9-15)31-4/h5-6,9-10,12H,7-8,11H2,1-4H3,(H,23,27)(H,28,29). The van der Waals surface area contributed by atoms with Crippen LogP contribution in [0.15, 0.2) is 30.6 Å². The van der Waals surface area contributed by atoms with E-state index < -0.39 is 5.97 Å². The Hall–Kier alpha value is -3.82. The van der Waals surface area contributed by atoms with Gasteiger partial charge in [0.2, 0.25) is 5.91 Å². The largest absolute Gasteiger partial charge is 0.493 e. The minimum atomic E-state index is -1.05. The minimum Gasteiger partial charge on any atom is -0.493 e. The summed E-state index contributed by atoms with van der Waals surface area (Å²) in [6.45, 7) is 4.51. The van der Waals surface area contributed by atoms with Gasteiger partial charge in [-0.1, -0.05) is 6.07 Å². The van der Waals surface area contributed by atoms with Gasteiger partial charge in [0.25, 0.3) is 0 Å². The summed E-state index contributed by atoms with van der Waals surface area (Å²) >= 11 is 0. The molecule has 0 aliphatic heterocycles. The molecule has 0 bridgehead atoms. The number of carboxylic acid groups (broad SMARTS) is 1. The first-order chi connectivity index (χ1) is 14.8. The first-order valence-corrected chi connectivity index (χ1v) is 9.63. The minimum absolute atomic E-state index is 0.0866. The van der Waals surface area contributed by atoms with Crippen LogP contribution in [-0.4, -0.2) is 50.8 Å². The Morgan fingerprint density at radius 2 is 1.90 bits per heavy atom. The molecule has 0 saturated heterocycles. The number of carboxylic acids is 1. The normalized spacial score (nSPS) is 10.7. The van der Waals surface area contributed by atoms with Crippen molar-refractivity contribution in [3.63, 3.8) is 0 Å². The first-order valence-electron chi connectivity index (χ1n) is 9.63. The average molecular weight is 427 g/mol. The highest BCUT2D eigenvalue weighted by atomic mass is 16.5. The van der Waals surface area contributed by atoms with Gasteiger partial charge >= 0.3 is 5.97 Å². The molecule has 0 unspecified atom stereocenters. The molecule has 10 nitrogen and oxygen atoms in total. The number of anilines is 1. The lowest BCUT2D eigenvalue weighted by atomic mass is 10.2. The van der Waals surface area contributed by atoms with Crippen LogP contribution in [0.25, 0.3) is 0 Å². The molecule has 3 aromatic rings. The summed E-state index contributed by atoms with van der Waals surface area (Å²) in [4.78, 5) is 23.3. The zero-order valence-electron chi connectivity index (χ0n) is 17.9. The van der Waals surface area contributed by atoms with E-state index in [0.717, 1.165) is 11.3 Å². The lowest BCUT2D eigenvalue weighted by molar-refractivity contribution is -0.116. The van der Waals surface area contributed by atoms with Crippen LogP contribution in [0.4, 0.5) is 5.69 Å². The van der Waals surface area contributed by atoms with Crippen LogP contribution in [-0.2, 0) is 17.9 Å². The summed E-state index contributed by atoms with van der Waals surface area (Å²) < 4.78 is 13.9. The maximum Gasteiger partial charge on any atom is 0.338 e. The van der Waals surface area contributed by atoms with Crippen molar-refractivity contribution in [2.45, 2.75) is 33.4 Å². The van der Waals surface area contributed by atoms with Crippen LogP contribution in [0.3, 0.4) is 0 Å². The molecule has 0 radical (unpaired) electrons. The molecule has 10 heteroatoms. The van der Waals surface area contributed by atoms with Crippen LogP contribution in [0.1, 0.15) is 33.7 Å². The second-order valence-corrected chi connectivity index (χ2v) is 6.99. The number of ether oxygens (including phenoxy) is 2. The number of nitrogens with one attached hydrogen (secondary N) is 1. The van der Waals surface area contributed by atoms with Crippen molar-refractivity contribution in [3.8, 4) is 11.5 Å². The van der Waals surface area contributed by atoms with Gasteiger partial charge in [0.05, 0.1) is 49.6 Å². The monoisotopic (exact) mass is 427 g/mol. The van der Waals surface area contributed by atoms with Crippen LogP contribution >= 0.6 is 0 Å². The Kier molecular flexibility index (Phi) is 6.58.